The normalized spacial score (nSPS) is 16.8. The van der Waals surface area contributed by atoms with Gasteiger partial charge in [-0.1, -0.05) is 37.3 Å². The lowest BCUT2D eigenvalue weighted by Gasteiger charge is -2.32. The Morgan fingerprint density at radius 2 is 1.90 bits per heavy atom. The van der Waals surface area contributed by atoms with Crippen molar-refractivity contribution in [1.29, 1.82) is 0 Å². The first-order valence-corrected chi connectivity index (χ1v) is 11.1. The molecule has 0 spiro atoms. The highest BCUT2D eigenvalue weighted by Gasteiger charge is 2.27. The van der Waals surface area contributed by atoms with Crippen molar-refractivity contribution in [3.8, 4) is 0 Å². The molecule has 3 rings (SSSR count). The predicted octanol–water partition coefficient (Wildman–Crippen LogP) is 3.38. The molecule has 1 aliphatic heterocycles. The average molecular weight is 410 g/mol. The number of rotatable bonds is 7. The third-order valence-corrected chi connectivity index (χ3v) is 6.05. The van der Waals surface area contributed by atoms with E-state index >= 15 is 0 Å². The van der Waals surface area contributed by atoms with Crippen LogP contribution in [0.3, 0.4) is 0 Å². The van der Waals surface area contributed by atoms with Crippen molar-refractivity contribution >= 4 is 5.91 Å². The molecular weight excluding hydrogens is 374 g/mol. The van der Waals surface area contributed by atoms with Gasteiger partial charge in [0.1, 0.15) is 5.56 Å². The molecule has 1 aromatic heterocycles. The molecule has 162 valence electrons. The summed E-state index contributed by atoms with van der Waals surface area (Å²) in [6, 6.07) is 11.9. The minimum atomic E-state index is -0.139. The molecule has 0 bridgehead atoms. The lowest BCUT2D eigenvalue weighted by atomic mass is 9.97. The van der Waals surface area contributed by atoms with Crippen LogP contribution in [0.25, 0.3) is 0 Å². The van der Waals surface area contributed by atoms with Crippen LogP contribution in [0, 0.1) is 12.8 Å². The molecule has 30 heavy (non-hydrogen) atoms. The Balaban J connectivity index is 2.00. The first-order valence-electron chi connectivity index (χ1n) is 11.1. The van der Waals surface area contributed by atoms with Crippen molar-refractivity contribution in [2.75, 3.05) is 33.7 Å². The number of aryl methyl sites for hydroxylation is 2. The number of aromatic nitrogens is 1. The summed E-state index contributed by atoms with van der Waals surface area (Å²) >= 11 is 0. The van der Waals surface area contributed by atoms with Gasteiger partial charge < -0.3 is 14.4 Å². The summed E-state index contributed by atoms with van der Waals surface area (Å²) < 4.78 is 2.19. The zero-order valence-corrected chi connectivity index (χ0v) is 18.9. The van der Waals surface area contributed by atoms with Crippen molar-refractivity contribution in [2.45, 2.75) is 46.1 Å². The summed E-state index contributed by atoms with van der Waals surface area (Å²) in [7, 11) is 4.09. The molecule has 0 aliphatic carbocycles. The quantitative estimate of drug-likeness (QED) is 0.704. The van der Waals surface area contributed by atoms with E-state index in [1.165, 1.54) is 5.56 Å². The Bertz CT molecular complexity index is 918. The van der Waals surface area contributed by atoms with E-state index in [2.05, 4.69) is 28.5 Å². The molecule has 1 atom stereocenters. The zero-order chi connectivity index (χ0) is 21.7. The van der Waals surface area contributed by atoms with Crippen LogP contribution in [0.5, 0.6) is 0 Å². The van der Waals surface area contributed by atoms with E-state index in [4.69, 9.17) is 0 Å². The third-order valence-electron chi connectivity index (χ3n) is 6.05. The second kappa shape index (κ2) is 10.1. The van der Waals surface area contributed by atoms with E-state index in [-0.39, 0.29) is 11.3 Å². The van der Waals surface area contributed by atoms with Crippen LogP contribution in [-0.4, -0.2) is 54.0 Å². The van der Waals surface area contributed by atoms with Crippen LogP contribution < -0.4 is 5.43 Å². The number of likely N-dealkylation sites (tertiary alicyclic amines) is 1. The van der Waals surface area contributed by atoms with Crippen LogP contribution in [0.2, 0.25) is 0 Å². The SMILES string of the molecule is Cc1cc(=O)c(C(=O)N2CCC[C@@H](C)C2)c(CCc2ccccc2)n1CCN(C)C. The van der Waals surface area contributed by atoms with Crippen LogP contribution >= 0.6 is 0 Å². The van der Waals surface area contributed by atoms with Crippen molar-refractivity contribution in [2.24, 2.45) is 5.92 Å². The summed E-state index contributed by atoms with van der Waals surface area (Å²) in [5, 5.41) is 0. The van der Waals surface area contributed by atoms with Crippen LogP contribution in [-0.2, 0) is 19.4 Å². The van der Waals surface area contributed by atoms with Crippen molar-refractivity contribution in [3.05, 3.63) is 69.1 Å². The third kappa shape index (κ3) is 5.39. The Kier molecular flexibility index (Phi) is 7.48. The lowest BCUT2D eigenvalue weighted by molar-refractivity contribution is 0.0679. The van der Waals surface area contributed by atoms with Gasteiger partial charge in [-0.3, -0.25) is 9.59 Å². The topological polar surface area (TPSA) is 45.6 Å². The molecule has 0 unspecified atom stereocenters. The number of likely N-dealkylation sites (N-methyl/N-ethyl adjacent to an activating group) is 1. The van der Waals surface area contributed by atoms with Gasteiger partial charge in [-0.25, -0.2) is 0 Å². The number of nitrogens with zero attached hydrogens (tertiary/aromatic N) is 3. The Morgan fingerprint density at radius 3 is 2.57 bits per heavy atom. The number of hydrogen-bond donors (Lipinski definition) is 0. The van der Waals surface area contributed by atoms with Crippen molar-refractivity contribution < 1.29 is 4.79 Å². The molecule has 2 heterocycles. The van der Waals surface area contributed by atoms with Gasteiger partial charge in [-0.05, 0) is 58.2 Å². The van der Waals surface area contributed by atoms with Gasteiger partial charge in [-0.15, -0.1) is 0 Å². The molecule has 1 aromatic carbocycles. The maximum atomic E-state index is 13.5. The van der Waals surface area contributed by atoms with Crippen LogP contribution in [0.4, 0.5) is 0 Å². The fourth-order valence-electron chi connectivity index (χ4n) is 4.37. The molecule has 1 saturated heterocycles. The first kappa shape index (κ1) is 22.3. The van der Waals surface area contributed by atoms with Gasteiger partial charge in [0.05, 0.1) is 0 Å². The number of amides is 1. The summed E-state index contributed by atoms with van der Waals surface area (Å²) in [6.07, 6.45) is 3.64. The number of carbonyl (C=O) groups excluding carboxylic acids is 1. The van der Waals surface area contributed by atoms with E-state index in [1.807, 2.05) is 44.1 Å². The largest absolute Gasteiger partial charge is 0.347 e. The van der Waals surface area contributed by atoms with Gasteiger partial charge in [0.15, 0.2) is 5.43 Å². The highest BCUT2D eigenvalue weighted by atomic mass is 16.2. The number of benzene rings is 1. The molecular formula is C25H35N3O2. The number of hydrogen-bond acceptors (Lipinski definition) is 3. The van der Waals surface area contributed by atoms with E-state index in [0.29, 0.717) is 17.9 Å². The summed E-state index contributed by atoms with van der Waals surface area (Å²) in [5.41, 5.74) is 3.27. The van der Waals surface area contributed by atoms with Gasteiger partial charge in [0.2, 0.25) is 0 Å². The fraction of sp³-hybridized carbons (Fsp3) is 0.520. The lowest BCUT2D eigenvalue weighted by Crippen LogP contribution is -2.42. The summed E-state index contributed by atoms with van der Waals surface area (Å²) in [5.74, 6) is 0.394. The molecule has 0 N–H and O–H groups in total. The second-order valence-corrected chi connectivity index (χ2v) is 8.91. The zero-order valence-electron chi connectivity index (χ0n) is 18.9. The smallest absolute Gasteiger partial charge is 0.259 e. The van der Waals surface area contributed by atoms with E-state index < -0.39 is 0 Å². The first-order chi connectivity index (χ1) is 14.4. The monoisotopic (exact) mass is 409 g/mol. The number of piperidine rings is 1. The molecule has 5 nitrogen and oxygen atoms in total. The Morgan fingerprint density at radius 1 is 1.17 bits per heavy atom. The Labute approximate surface area is 180 Å². The molecule has 2 aromatic rings. The van der Waals surface area contributed by atoms with Gasteiger partial charge in [0.25, 0.3) is 5.91 Å². The summed E-state index contributed by atoms with van der Waals surface area (Å²) in [4.78, 5) is 30.6. The molecule has 1 fully saturated rings. The minimum Gasteiger partial charge on any atom is -0.347 e. The van der Waals surface area contributed by atoms with Crippen LogP contribution in [0.1, 0.15) is 47.1 Å². The second-order valence-electron chi connectivity index (χ2n) is 8.91. The van der Waals surface area contributed by atoms with Crippen LogP contribution in [0.15, 0.2) is 41.2 Å². The highest BCUT2D eigenvalue weighted by molar-refractivity contribution is 5.95. The number of carbonyl (C=O) groups is 1. The molecule has 0 saturated carbocycles. The van der Waals surface area contributed by atoms with Crippen molar-refractivity contribution in [1.82, 2.24) is 14.4 Å². The van der Waals surface area contributed by atoms with E-state index in [0.717, 1.165) is 56.8 Å². The molecule has 5 heteroatoms. The maximum absolute atomic E-state index is 13.5. The molecule has 1 aliphatic rings. The minimum absolute atomic E-state index is 0.0896. The fourth-order valence-corrected chi connectivity index (χ4v) is 4.37. The highest BCUT2D eigenvalue weighted by Crippen LogP contribution is 2.20. The number of pyridine rings is 1. The maximum Gasteiger partial charge on any atom is 0.259 e. The van der Waals surface area contributed by atoms with Gasteiger partial charge in [0, 0.05) is 43.6 Å². The summed E-state index contributed by atoms with van der Waals surface area (Å²) in [6.45, 7) is 7.26. The van der Waals surface area contributed by atoms with Crippen molar-refractivity contribution in [3.63, 3.8) is 0 Å². The molecule has 1 amide bonds. The Hall–Kier alpha value is -2.40. The molecule has 0 radical (unpaired) electrons. The standard InChI is InChI=1S/C25H35N3O2/c1-19-9-8-14-27(18-19)25(30)24-22(13-12-21-10-6-5-7-11-21)28(16-15-26(3)4)20(2)17-23(24)29/h5-7,10-11,17,19H,8-9,12-16,18H2,1-4H3/t19-/m1/s1. The van der Waals surface area contributed by atoms with Gasteiger partial charge >= 0.3 is 0 Å². The van der Waals surface area contributed by atoms with E-state index in [9.17, 15) is 9.59 Å². The predicted molar refractivity (Wildman–Crippen MR) is 122 cm³/mol. The van der Waals surface area contributed by atoms with Gasteiger partial charge in [-0.2, -0.15) is 0 Å². The average Bonchev–Trinajstić information content (AvgIpc) is 2.71. The van der Waals surface area contributed by atoms with E-state index in [1.54, 1.807) is 6.07 Å².